The molecule has 24 heavy (non-hydrogen) atoms. The number of carbonyl (C=O) groups is 1. The van der Waals surface area contributed by atoms with Crippen molar-refractivity contribution >= 4 is 5.91 Å². The Morgan fingerprint density at radius 2 is 1.88 bits per heavy atom. The van der Waals surface area contributed by atoms with E-state index < -0.39 is 6.10 Å². The Hall–Kier alpha value is -1.44. The van der Waals surface area contributed by atoms with E-state index in [2.05, 4.69) is 21.8 Å². The molecule has 2 saturated heterocycles. The molecule has 1 amide bonds. The molecule has 0 aromatic carbocycles. The number of nitrogens with zero attached hydrogens (tertiary/aromatic N) is 5. The normalized spacial score (nSPS) is 22.7. The van der Waals surface area contributed by atoms with E-state index in [1.165, 1.54) is 0 Å². The minimum absolute atomic E-state index is 0.0299. The lowest BCUT2D eigenvalue weighted by Crippen LogP contribution is -2.53. The van der Waals surface area contributed by atoms with Crippen LogP contribution < -0.4 is 0 Å². The number of piperazine rings is 1. The number of hydrogen-bond acceptors (Lipinski definition) is 5. The van der Waals surface area contributed by atoms with Gasteiger partial charge in [-0.05, 0) is 19.9 Å². The van der Waals surface area contributed by atoms with Gasteiger partial charge >= 0.3 is 0 Å². The summed E-state index contributed by atoms with van der Waals surface area (Å²) in [6.45, 7) is 6.12. The largest absolute Gasteiger partial charge is 0.385 e. The van der Waals surface area contributed by atoms with Crippen LogP contribution in [0.15, 0.2) is 12.4 Å². The molecule has 7 heteroatoms. The average Bonchev–Trinajstić information content (AvgIpc) is 3.02. The number of carbonyl (C=O) groups excluding carboxylic acids is 1. The van der Waals surface area contributed by atoms with Crippen molar-refractivity contribution in [3.05, 3.63) is 18.2 Å². The third-order valence-electron chi connectivity index (χ3n) is 5.40. The lowest BCUT2D eigenvalue weighted by molar-refractivity contribution is -0.135. The highest BCUT2D eigenvalue weighted by Crippen LogP contribution is 2.21. The van der Waals surface area contributed by atoms with Gasteiger partial charge in [-0.1, -0.05) is 0 Å². The molecular formula is C17H29N5O2. The Balaban J connectivity index is 1.46. The Bertz CT molecular complexity index is 545. The van der Waals surface area contributed by atoms with Crippen LogP contribution in [0.3, 0.4) is 0 Å². The zero-order valence-electron chi connectivity index (χ0n) is 14.8. The maximum Gasteiger partial charge on any atom is 0.225 e. The summed E-state index contributed by atoms with van der Waals surface area (Å²) in [6.07, 6.45) is 4.79. The first kappa shape index (κ1) is 17.4. The molecule has 3 rings (SSSR count). The molecule has 3 heterocycles. The van der Waals surface area contributed by atoms with Gasteiger partial charge < -0.3 is 19.5 Å². The van der Waals surface area contributed by atoms with Crippen LogP contribution in [0.5, 0.6) is 0 Å². The highest BCUT2D eigenvalue weighted by Gasteiger charge is 2.29. The molecule has 2 aliphatic heterocycles. The van der Waals surface area contributed by atoms with Crippen LogP contribution in [0.4, 0.5) is 0 Å². The second-order valence-electron chi connectivity index (χ2n) is 7.07. The Morgan fingerprint density at radius 3 is 2.46 bits per heavy atom. The summed E-state index contributed by atoms with van der Waals surface area (Å²) in [5.41, 5.74) is 0. The number of aliphatic hydroxyl groups excluding tert-OH is 1. The van der Waals surface area contributed by atoms with E-state index in [0.29, 0.717) is 11.9 Å². The van der Waals surface area contributed by atoms with Gasteiger partial charge in [-0.15, -0.1) is 0 Å². The molecule has 7 nitrogen and oxygen atoms in total. The molecule has 0 spiro atoms. The second kappa shape index (κ2) is 7.63. The van der Waals surface area contributed by atoms with Crippen molar-refractivity contribution in [1.82, 2.24) is 24.3 Å². The lowest BCUT2D eigenvalue weighted by atomic mass is 10.0. The molecule has 0 radical (unpaired) electrons. The van der Waals surface area contributed by atoms with E-state index in [-0.39, 0.29) is 12.3 Å². The van der Waals surface area contributed by atoms with Gasteiger partial charge in [0.05, 0.1) is 6.42 Å². The first-order chi connectivity index (χ1) is 11.5. The smallest absolute Gasteiger partial charge is 0.225 e. The van der Waals surface area contributed by atoms with Crippen LogP contribution in [0.2, 0.25) is 0 Å². The zero-order chi connectivity index (χ0) is 17.1. The van der Waals surface area contributed by atoms with Crippen molar-refractivity contribution in [2.45, 2.75) is 31.4 Å². The van der Waals surface area contributed by atoms with Crippen molar-refractivity contribution in [3.63, 3.8) is 0 Å². The fraction of sp³-hybridized carbons (Fsp3) is 0.765. The summed E-state index contributed by atoms with van der Waals surface area (Å²) in [4.78, 5) is 23.4. The van der Waals surface area contributed by atoms with E-state index >= 15 is 0 Å². The number of rotatable bonds is 4. The highest BCUT2D eigenvalue weighted by molar-refractivity contribution is 5.76. The van der Waals surface area contributed by atoms with E-state index in [1.54, 1.807) is 17.0 Å². The van der Waals surface area contributed by atoms with Gasteiger partial charge in [0.1, 0.15) is 11.9 Å². The number of likely N-dealkylation sites (N-methyl/N-ethyl adjacent to an activating group) is 1. The van der Waals surface area contributed by atoms with Gasteiger partial charge in [0.25, 0.3) is 0 Å². The first-order valence-electron chi connectivity index (χ1n) is 8.90. The van der Waals surface area contributed by atoms with Crippen LogP contribution in [-0.2, 0) is 11.8 Å². The summed E-state index contributed by atoms with van der Waals surface area (Å²) >= 11 is 0. The van der Waals surface area contributed by atoms with Gasteiger partial charge in [0.2, 0.25) is 5.91 Å². The molecule has 0 unspecified atom stereocenters. The fourth-order valence-electron chi connectivity index (χ4n) is 3.75. The van der Waals surface area contributed by atoms with Crippen molar-refractivity contribution in [1.29, 1.82) is 0 Å². The maximum atomic E-state index is 12.4. The maximum absolute atomic E-state index is 12.4. The topological polar surface area (TPSA) is 64.8 Å². The van der Waals surface area contributed by atoms with Crippen LogP contribution in [0, 0.1) is 0 Å². The Kier molecular flexibility index (Phi) is 5.53. The monoisotopic (exact) mass is 335 g/mol. The molecule has 2 fully saturated rings. The lowest BCUT2D eigenvalue weighted by Gasteiger charge is -2.42. The zero-order valence-corrected chi connectivity index (χ0v) is 14.8. The van der Waals surface area contributed by atoms with Gasteiger partial charge in [-0.25, -0.2) is 4.98 Å². The number of aromatic nitrogens is 2. The minimum atomic E-state index is -0.826. The summed E-state index contributed by atoms with van der Waals surface area (Å²) in [6, 6.07) is 0.599. The average molecular weight is 335 g/mol. The SMILES string of the molecule is CN1CCN(C2CCN(C(=O)C[C@H](O)c3nccn3C)CC2)CC1. The van der Waals surface area contributed by atoms with Crippen molar-refractivity contribution in [2.75, 3.05) is 46.3 Å². The fourth-order valence-corrected chi connectivity index (χ4v) is 3.75. The number of aryl methyl sites for hydroxylation is 1. The molecule has 134 valence electrons. The summed E-state index contributed by atoms with van der Waals surface area (Å²) in [7, 11) is 4.00. The van der Waals surface area contributed by atoms with Crippen LogP contribution in [0.25, 0.3) is 0 Å². The molecule has 0 saturated carbocycles. The molecule has 1 atom stereocenters. The summed E-state index contributed by atoms with van der Waals surface area (Å²) in [5.74, 6) is 0.581. The number of amides is 1. The van der Waals surface area contributed by atoms with E-state index in [1.807, 2.05) is 11.9 Å². The van der Waals surface area contributed by atoms with Gasteiger partial charge in [0.15, 0.2) is 0 Å². The molecule has 0 aliphatic carbocycles. The first-order valence-corrected chi connectivity index (χ1v) is 8.90. The minimum Gasteiger partial charge on any atom is -0.385 e. The molecule has 1 aromatic heterocycles. The van der Waals surface area contributed by atoms with E-state index in [4.69, 9.17) is 0 Å². The number of hydrogen-bond donors (Lipinski definition) is 1. The Morgan fingerprint density at radius 1 is 1.21 bits per heavy atom. The quantitative estimate of drug-likeness (QED) is 0.844. The Labute approximate surface area is 143 Å². The van der Waals surface area contributed by atoms with Crippen molar-refractivity contribution < 1.29 is 9.90 Å². The summed E-state index contributed by atoms with van der Waals surface area (Å²) in [5, 5.41) is 10.2. The third-order valence-corrected chi connectivity index (χ3v) is 5.40. The number of likely N-dealkylation sites (tertiary alicyclic amines) is 1. The number of aliphatic hydroxyl groups is 1. The van der Waals surface area contributed by atoms with E-state index in [0.717, 1.165) is 52.1 Å². The number of imidazole rings is 1. The van der Waals surface area contributed by atoms with Crippen molar-refractivity contribution in [2.24, 2.45) is 7.05 Å². The van der Waals surface area contributed by atoms with Crippen LogP contribution in [-0.4, -0.2) is 87.6 Å². The van der Waals surface area contributed by atoms with E-state index in [9.17, 15) is 9.90 Å². The highest BCUT2D eigenvalue weighted by atomic mass is 16.3. The molecular weight excluding hydrogens is 306 g/mol. The molecule has 1 N–H and O–H groups in total. The summed E-state index contributed by atoms with van der Waals surface area (Å²) < 4.78 is 1.76. The van der Waals surface area contributed by atoms with Crippen molar-refractivity contribution in [3.8, 4) is 0 Å². The van der Waals surface area contributed by atoms with Gasteiger partial charge in [0, 0.05) is 64.8 Å². The predicted octanol–water partition coefficient (Wildman–Crippen LogP) is 0.0820. The molecule has 1 aromatic rings. The third kappa shape index (κ3) is 3.96. The molecule has 2 aliphatic rings. The van der Waals surface area contributed by atoms with Gasteiger partial charge in [-0.3, -0.25) is 9.69 Å². The van der Waals surface area contributed by atoms with Gasteiger partial charge in [-0.2, -0.15) is 0 Å². The van der Waals surface area contributed by atoms with Crippen LogP contribution in [0.1, 0.15) is 31.2 Å². The van der Waals surface area contributed by atoms with Crippen LogP contribution >= 0.6 is 0 Å². The number of piperidine rings is 1. The standard InChI is InChI=1S/C17H29N5O2/c1-19-9-11-21(12-10-19)14-3-6-22(7-4-14)16(24)13-15(23)17-18-5-8-20(17)2/h5,8,14-15,23H,3-4,6-7,9-13H2,1-2H3/t15-/m0/s1. The second-order valence-corrected chi connectivity index (χ2v) is 7.07. The predicted molar refractivity (Wildman–Crippen MR) is 91.5 cm³/mol. The molecule has 0 bridgehead atoms.